The Morgan fingerprint density at radius 3 is 2.73 bits per heavy atom. The first-order valence-electron chi connectivity index (χ1n) is 10.8. The van der Waals surface area contributed by atoms with E-state index in [1.807, 2.05) is 50.7 Å². The summed E-state index contributed by atoms with van der Waals surface area (Å²) in [5, 5.41) is 4.47. The minimum atomic E-state index is -0.154. The molecule has 3 heterocycles. The lowest BCUT2D eigenvalue weighted by molar-refractivity contribution is 0.575. The van der Waals surface area contributed by atoms with Gasteiger partial charge in [-0.2, -0.15) is 11.8 Å². The molecular formula is C25H27ClN4O2S. The van der Waals surface area contributed by atoms with Crippen LogP contribution >= 0.6 is 23.4 Å². The monoisotopic (exact) mass is 482 g/mol. The zero-order chi connectivity index (χ0) is 23.7. The molecule has 4 rings (SSSR count). The van der Waals surface area contributed by atoms with E-state index in [1.165, 1.54) is 6.20 Å². The number of halogens is 1. The average molecular weight is 483 g/mol. The summed E-state index contributed by atoms with van der Waals surface area (Å²) in [6.07, 6.45) is 3.17. The molecule has 33 heavy (non-hydrogen) atoms. The number of aliphatic imine (C=N–C) groups is 1. The highest BCUT2D eigenvalue weighted by molar-refractivity contribution is 8.00. The summed E-state index contributed by atoms with van der Waals surface area (Å²) in [6.45, 7) is 7.66. The molecule has 0 bridgehead atoms. The van der Waals surface area contributed by atoms with Crippen molar-refractivity contribution in [3.05, 3.63) is 74.0 Å². The Morgan fingerprint density at radius 1 is 1.33 bits per heavy atom. The minimum absolute atomic E-state index is 0.0697. The molecular weight excluding hydrogens is 456 g/mol. The van der Waals surface area contributed by atoms with Crippen molar-refractivity contribution in [2.45, 2.75) is 39.8 Å². The van der Waals surface area contributed by atoms with E-state index < -0.39 is 0 Å². The van der Waals surface area contributed by atoms with E-state index in [0.29, 0.717) is 33.0 Å². The van der Waals surface area contributed by atoms with Crippen molar-refractivity contribution < 1.29 is 4.42 Å². The third-order valence-electron chi connectivity index (χ3n) is 5.77. The number of aromatic nitrogens is 1. The Bertz CT molecular complexity index is 1330. The smallest absolute Gasteiger partial charge is 0.196 e. The summed E-state index contributed by atoms with van der Waals surface area (Å²) in [7, 11) is 0. The Balaban J connectivity index is 1.81. The number of nitrogens with two attached hydrogens (primary N) is 1. The molecule has 8 heteroatoms. The Kier molecular flexibility index (Phi) is 6.81. The average Bonchev–Trinajstić information content (AvgIpc) is 2.74. The molecule has 3 N–H and O–H groups in total. The number of thioether (sulfide) groups is 1. The second-order valence-electron chi connectivity index (χ2n) is 8.34. The lowest BCUT2D eigenvalue weighted by Gasteiger charge is -2.21. The number of fused-ring (bicyclic) bond motifs is 1. The zero-order valence-corrected chi connectivity index (χ0v) is 20.7. The fraction of sp³-hybridized carbons (Fsp3) is 0.320. The second kappa shape index (κ2) is 9.61. The predicted molar refractivity (Wildman–Crippen MR) is 140 cm³/mol. The van der Waals surface area contributed by atoms with Gasteiger partial charge in [0.25, 0.3) is 0 Å². The van der Waals surface area contributed by atoms with E-state index in [1.54, 1.807) is 19.2 Å². The van der Waals surface area contributed by atoms with Crippen LogP contribution < -0.4 is 16.5 Å². The Morgan fingerprint density at radius 2 is 2.09 bits per heavy atom. The number of benzene rings is 1. The fourth-order valence-electron chi connectivity index (χ4n) is 3.83. The number of aryl methyl sites for hydroxylation is 2. The predicted octanol–water partition coefficient (Wildman–Crippen LogP) is 5.43. The van der Waals surface area contributed by atoms with Crippen LogP contribution in [0.15, 0.2) is 44.7 Å². The summed E-state index contributed by atoms with van der Waals surface area (Å²) < 4.78 is 6.38. The number of pyridine rings is 1. The van der Waals surface area contributed by atoms with Crippen LogP contribution in [0.4, 0.5) is 5.69 Å². The molecule has 0 spiro atoms. The van der Waals surface area contributed by atoms with Crippen molar-refractivity contribution >= 4 is 51.8 Å². The molecule has 0 saturated carbocycles. The van der Waals surface area contributed by atoms with Crippen molar-refractivity contribution in [2.75, 3.05) is 16.8 Å². The summed E-state index contributed by atoms with van der Waals surface area (Å²) in [5.41, 5.74) is 11.0. The molecule has 0 radical (unpaired) electrons. The number of nitrogens with zero attached hydrogens (tertiary/aromatic N) is 2. The van der Waals surface area contributed by atoms with Crippen LogP contribution in [0.25, 0.3) is 16.5 Å². The Hall–Kier alpha value is -2.77. The SMILES string of the molecule is Cc1cc(C(C)Nc2ccc(Cl)nc2C)c2oc(/C(C=NC3CSC3)=C/N)c(C)c(=O)c2c1. The van der Waals surface area contributed by atoms with Crippen LogP contribution in [-0.2, 0) is 0 Å². The maximum absolute atomic E-state index is 13.3. The molecule has 1 aliphatic rings. The van der Waals surface area contributed by atoms with Crippen LogP contribution in [0.1, 0.15) is 41.1 Å². The van der Waals surface area contributed by atoms with Crippen LogP contribution in [0.5, 0.6) is 0 Å². The van der Waals surface area contributed by atoms with Crippen LogP contribution in [0.2, 0.25) is 5.15 Å². The van der Waals surface area contributed by atoms with E-state index in [4.69, 9.17) is 21.8 Å². The maximum Gasteiger partial charge on any atom is 0.196 e. The summed E-state index contributed by atoms with van der Waals surface area (Å²) in [4.78, 5) is 22.2. The standard InChI is InChI=1S/C25H27ClN4O2S/c1-13-7-19(15(3)29-21-5-6-22(26)30-16(21)4)25-20(8-13)23(31)14(2)24(32-25)17(9-27)10-28-18-11-33-12-18/h5-10,15,18,29H,11-12,27H2,1-4H3/b17-9+,28-10?. The molecule has 3 aromatic rings. The number of nitrogens with one attached hydrogen (secondary N) is 1. The van der Waals surface area contributed by atoms with Gasteiger partial charge in [-0.05, 0) is 51.5 Å². The van der Waals surface area contributed by atoms with E-state index in [2.05, 4.69) is 15.3 Å². The van der Waals surface area contributed by atoms with Gasteiger partial charge in [0, 0.05) is 35.0 Å². The van der Waals surface area contributed by atoms with Gasteiger partial charge in [-0.1, -0.05) is 17.7 Å². The van der Waals surface area contributed by atoms with Crippen LogP contribution in [-0.4, -0.2) is 28.7 Å². The second-order valence-corrected chi connectivity index (χ2v) is 9.80. The molecule has 1 aromatic carbocycles. The number of hydrogen-bond acceptors (Lipinski definition) is 7. The summed E-state index contributed by atoms with van der Waals surface area (Å²) >= 11 is 7.86. The first-order chi connectivity index (χ1) is 15.8. The van der Waals surface area contributed by atoms with Gasteiger partial charge >= 0.3 is 0 Å². The Labute approximate surface area is 202 Å². The topological polar surface area (TPSA) is 93.5 Å². The molecule has 172 valence electrons. The lowest BCUT2D eigenvalue weighted by atomic mass is 9.99. The minimum Gasteiger partial charge on any atom is -0.455 e. The number of hydrogen-bond donors (Lipinski definition) is 2. The van der Waals surface area contributed by atoms with E-state index >= 15 is 0 Å². The third kappa shape index (κ3) is 4.80. The van der Waals surface area contributed by atoms with E-state index in [9.17, 15) is 4.79 Å². The lowest BCUT2D eigenvalue weighted by Crippen LogP contribution is -2.22. The van der Waals surface area contributed by atoms with Gasteiger partial charge in [-0.25, -0.2) is 4.98 Å². The van der Waals surface area contributed by atoms with Crippen molar-refractivity contribution in [3.63, 3.8) is 0 Å². The highest BCUT2D eigenvalue weighted by Gasteiger charge is 2.21. The number of rotatable bonds is 6. The van der Waals surface area contributed by atoms with Gasteiger partial charge in [0.1, 0.15) is 16.5 Å². The van der Waals surface area contributed by atoms with Crippen LogP contribution in [0, 0.1) is 20.8 Å². The summed E-state index contributed by atoms with van der Waals surface area (Å²) in [6, 6.07) is 7.68. The largest absolute Gasteiger partial charge is 0.455 e. The van der Waals surface area contributed by atoms with E-state index in [0.717, 1.165) is 34.0 Å². The van der Waals surface area contributed by atoms with Gasteiger partial charge in [0.15, 0.2) is 5.43 Å². The van der Waals surface area contributed by atoms with Crippen molar-refractivity contribution in [2.24, 2.45) is 10.7 Å². The third-order valence-corrected chi connectivity index (χ3v) is 7.22. The first-order valence-corrected chi connectivity index (χ1v) is 12.3. The maximum atomic E-state index is 13.3. The molecule has 0 aliphatic carbocycles. The van der Waals surface area contributed by atoms with E-state index in [-0.39, 0.29) is 17.5 Å². The van der Waals surface area contributed by atoms with Gasteiger partial charge < -0.3 is 15.5 Å². The molecule has 1 fully saturated rings. The molecule has 6 nitrogen and oxygen atoms in total. The van der Waals surface area contributed by atoms with Crippen molar-refractivity contribution in [1.82, 2.24) is 4.98 Å². The molecule has 1 unspecified atom stereocenters. The highest BCUT2D eigenvalue weighted by atomic mass is 35.5. The molecule has 1 saturated heterocycles. The molecule has 2 aromatic heterocycles. The zero-order valence-electron chi connectivity index (χ0n) is 19.1. The van der Waals surface area contributed by atoms with Gasteiger partial charge in [-0.15, -0.1) is 0 Å². The number of anilines is 1. The van der Waals surface area contributed by atoms with Crippen molar-refractivity contribution in [1.29, 1.82) is 0 Å². The fourth-order valence-corrected chi connectivity index (χ4v) is 4.64. The molecule has 1 aliphatic heterocycles. The number of allylic oxidation sites excluding steroid dienone is 1. The first kappa shape index (κ1) is 23.4. The van der Waals surface area contributed by atoms with Crippen LogP contribution in [0.3, 0.4) is 0 Å². The normalized spacial score (nSPS) is 15.7. The molecule has 0 amide bonds. The van der Waals surface area contributed by atoms with Gasteiger partial charge in [-0.3, -0.25) is 9.79 Å². The van der Waals surface area contributed by atoms with Crippen molar-refractivity contribution in [3.8, 4) is 0 Å². The van der Waals surface area contributed by atoms with Gasteiger partial charge in [0.2, 0.25) is 0 Å². The molecule has 1 atom stereocenters. The quantitative estimate of drug-likeness (QED) is 0.359. The summed E-state index contributed by atoms with van der Waals surface area (Å²) in [5.74, 6) is 2.45. The highest BCUT2D eigenvalue weighted by Crippen LogP contribution is 2.31. The van der Waals surface area contributed by atoms with Gasteiger partial charge in [0.05, 0.1) is 34.4 Å².